The van der Waals surface area contributed by atoms with Crippen LogP contribution in [0.25, 0.3) is 0 Å². The van der Waals surface area contributed by atoms with Crippen molar-refractivity contribution < 1.29 is 4.74 Å². The van der Waals surface area contributed by atoms with Crippen LogP contribution in [0, 0.1) is 0 Å². The Kier molecular flexibility index (Phi) is 5.60. The Labute approximate surface area is 147 Å². The van der Waals surface area contributed by atoms with Gasteiger partial charge in [-0.15, -0.1) is 0 Å². The highest BCUT2D eigenvalue weighted by Gasteiger charge is 2.28. The normalized spacial score (nSPS) is 12.1. The maximum absolute atomic E-state index is 5.91. The van der Waals surface area contributed by atoms with Crippen molar-refractivity contribution in [2.24, 2.45) is 0 Å². The molecule has 0 N–H and O–H groups in total. The van der Waals surface area contributed by atoms with Crippen molar-refractivity contribution in [2.45, 2.75) is 41.1 Å². The largest absolute Gasteiger partial charge is 0.491 e. The van der Waals surface area contributed by atoms with E-state index in [9.17, 15) is 0 Å². The lowest BCUT2D eigenvalue weighted by Crippen LogP contribution is -2.10. The molecule has 1 nitrogen and oxygen atoms in total. The Morgan fingerprint density at radius 2 is 1.17 bits per heavy atom. The molecule has 3 aromatic rings. The summed E-state index contributed by atoms with van der Waals surface area (Å²) in [7, 11) is -0.0929. The quantitative estimate of drug-likeness (QED) is 0.505. The van der Waals surface area contributed by atoms with Crippen molar-refractivity contribution in [1.82, 2.24) is 0 Å². The molecule has 24 heavy (non-hydrogen) atoms. The molecule has 0 fully saturated rings. The third-order valence-electron chi connectivity index (χ3n) is 3.93. The van der Waals surface area contributed by atoms with Gasteiger partial charge in [0.25, 0.3) is 0 Å². The molecule has 0 bridgehead atoms. The summed E-state index contributed by atoms with van der Waals surface area (Å²) < 4.78 is 5.91. The van der Waals surface area contributed by atoms with Crippen molar-refractivity contribution in [3.05, 3.63) is 84.9 Å². The molecular weight excluding hydrogens is 312 g/mol. The first-order valence-electron chi connectivity index (χ1n) is 8.39. The van der Waals surface area contributed by atoms with Gasteiger partial charge in [-0.1, -0.05) is 43.3 Å². The number of hydrogen-bond donors (Lipinski definition) is 0. The summed E-state index contributed by atoms with van der Waals surface area (Å²) in [6, 6.07) is 30.0. The number of hydrogen-bond acceptors (Lipinski definition) is 1. The molecule has 0 aliphatic heterocycles. The summed E-state index contributed by atoms with van der Waals surface area (Å²) >= 11 is 0. The van der Waals surface area contributed by atoms with Crippen molar-refractivity contribution in [3.63, 3.8) is 0 Å². The molecule has 2 heteroatoms. The number of rotatable bonds is 6. The van der Waals surface area contributed by atoms with Crippen molar-refractivity contribution in [3.8, 4) is 5.75 Å². The van der Waals surface area contributed by atoms with Crippen molar-refractivity contribution >= 4 is 10.9 Å². The van der Waals surface area contributed by atoms with Gasteiger partial charge < -0.3 is 4.74 Å². The Balaban J connectivity index is 1.94. The van der Waals surface area contributed by atoms with E-state index < -0.39 is 0 Å². The predicted molar refractivity (Wildman–Crippen MR) is 102 cm³/mol. The van der Waals surface area contributed by atoms with Crippen LogP contribution < -0.4 is 4.74 Å². The molecule has 0 aliphatic carbocycles. The zero-order chi connectivity index (χ0) is 16.8. The summed E-state index contributed by atoms with van der Waals surface area (Å²) in [5, 5.41) is 0. The first-order valence-corrected chi connectivity index (χ1v) is 9.61. The monoisotopic (exact) mass is 335 g/mol. The van der Waals surface area contributed by atoms with Crippen LogP contribution in [-0.2, 0) is 10.9 Å². The summed E-state index contributed by atoms with van der Waals surface area (Å²) in [5.41, 5.74) is 0. The highest BCUT2D eigenvalue weighted by molar-refractivity contribution is 7.97. The molecule has 0 saturated heterocycles. The van der Waals surface area contributed by atoms with E-state index >= 15 is 0 Å². The standard InChI is InChI=1S/C22H23OS/c1-3-18(2)23-19-14-16-22(17-15-19)24(20-10-6-4-7-11-20)21-12-8-5-9-13-21/h4-18H,3H2,1-2H3/q+1. The second-order valence-corrected chi connectivity index (χ2v) is 7.77. The van der Waals surface area contributed by atoms with E-state index in [-0.39, 0.29) is 17.0 Å². The van der Waals surface area contributed by atoms with Crippen LogP contribution in [0.3, 0.4) is 0 Å². The number of ether oxygens (including phenoxy) is 1. The highest BCUT2D eigenvalue weighted by Crippen LogP contribution is 2.32. The lowest BCUT2D eigenvalue weighted by molar-refractivity contribution is 0.217. The minimum Gasteiger partial charge on any atom is -0.491 e. The first-order chi connectivity index (χ1) is 11.8. The zero-order valence-corrected chi connectivity index (χ0v) is 15.0. The summed E-state index contributed by atoms with van der Waals surface area (Å²) in [6.07, 6.45) is 1.26. The molecule has 1 atom stereocenters. The smallest absolute Gasteiger partial charge is 0.166 e. The van der Waals surface area contributed by atoms with E-state index in [4.69, 9.17) is 4.74 Å². The average molecular weight is 335 g/mol. The van der Waals surface area contributed by atoms with Gasteiger partial charge in [0, 0.05) is 0 Å². The molecule has 0 aromatic heterocycles. The lowest BCUT2D eigenvalue weighted by Gasteiger charge is -2.13. The average Bonchev–Trinajstić information content (AvgIpc) is 2.65. The third-order valence-corrected chi connectivity index (χ3v) is 6.16. The van der Waals surface area contributed by atoms with Gasteiger partial charge in [0.2, 0.25) is 0 Å². The summed E-state index contributed by atoms with van der Waals surface area (Å²) in [5.74, 6) is 0.942. The van der Waals surface area contributed by atoms with E-state index in [1.165, 1.54) is 14.7 Å². The van der Waals surface area contributed by atoms with Crippen LogP contribution in [0.5, 0.6) is 5.75 Å². The fraction of sp³-hybridized carbons (Fsp3) is 0.182. The summed E-state index contributed by atoms with van der Waals surface area (Å²) in [6.45, 7) is 4.24. The third kappa shape index (κ3) is 4.01. The van der Waals surface area contributed by atoms with E-state index in [0.717, 1.165) is 12.2 Å². The maximum atomic E-state index is 5.91. The molecule has 3 aromatic carbocycles. The highest BCUT2D eigenvalue weighted by atomic mass is 32.2. The molecule has 0 aliphatic rings. The lowest BCUT2D eigenvalue weighted by atomic mass is 10.3. The molecule has 3 rings (SSSR count). The van der Waals surface area contributed by atoms with Gasteiger partial charge in [-0.05, 0) is 61.9 Å². The molecule has 0 radical (unpaired) electrons. The van der Waals surface area contributed by atoms with Gasteiger partial charge in [-0.3, -0.25) is 0 Å². The Hall–Kier alpha value is -2.19. The van der Waals surface area contributed by atoms with E-state index in [1.54, 1.807) is 0 Å². The fourth-order valence-corrected chi connectivity index (χ4v) is 4.57. The fourth-order valence-electron chi connectivity index (χ4n) is 2.49. The predicted octanol–water partition coefficient (Wildman–Crippen LogP) is 5.96. The van der Waals surface area contributed by atoms with Gasteiger partial charge in [-0.2, -0.15) is 0 Å². The van der Waals surface area contributed by atoms with Crippen LogP contribution >= 0.6 is 0 Å². The summed E-state index contributed by atoms with van der Waals surface area (Å²) in [4.78, 5) is 3.97. The van der Waals surface area contributed by atoms with Gasteiger partial charge in [0.15, 0.2) is 14.7 Å². The Morgan fingerprint density at radius 1 is 0.708 bits per heavy atom. The molecule has 122 valence electrons. The van der Waals surface area contributed by atoms with Crippen LogP contribution in [0.4, 0.5) is 0 Å². The van der Waals surface area contributed by atoms with Crippen LogP contribution in [0.15, 0.2) is 99.6 Å². The number of benzene rings is 3. The molecule has 0 amide bonds. The van der Waals surface area contributed by atoms with Crippen LogP contribution in [0.2, 0.25) is 0 Å². The SMILES string of the molecule is CCC(C)Oc1ccc([S+](c2ccccc2)c2ccccc2)cc1. The second kappa shape index (κ2) is 8.07. The Bertz CT molecular complexity index is 698. The van der Waals surface area contributed by atoms with Crippen LogP contribution in [-0.4, -0.2) is 6.10 Å². The van der Waals surface area contributed by atoms with E-state index in [2.05, 4.69) is 98.8 Å². The van der Waals surface area contributed by atoms with Gasteiger partial charge in [0.1, 0.15) is 5.75 Å². The zero-order valence-electron chi connectivity index (χ0n) is 14.2. The molecule has 1 unspecified atom stereocenters. The molecule has 0 saturated carbocycles. The van der Waals surface area contributed by atoms with Gasteiger partial charge in [0.05, 0.1) is 17.0 Å². The van der Waals surface area contributed by atoms with Gasteiger partial charge in [-0.25, -0.2) is 0 Å². The van der Waals surface area contributed by atoms with Crippen molar-refractivity contribution in [1.29, 1.82) is 0 Å². The molecule has 0 heterocycles. The maximum Gasteiger partial charge on any atom is 0.166 e. The van der Waals surface area contributed by atoms with E-state index in [0.29, 0.717) is 0 Å². The molecular formula is C22H23OS+. The minimum absolute atomic E-state index is 0.0929. The first kappa shape index (κ1) is 16.7. The minimum atomic E-state index is -0.0929. The molecule has 0 spiro atoms. The Morgan fingerprint density at radius 3 is 1.62 bits per heavy atom. The van der Waals surface area contributed by atoms with E-state index in [1.807, 2.05) is 0 Å². The van der Waals surface area contributed by atoms with Gasteiger partial charge >= 0.3 is 0 Å². The van der Waals surface area contributed by atoms with Crippen LogP contribution in [0.1, 0.15) is 20.3 Å². The topological polar surface area (TPSA) is 9.23 Å². The second-order valence-electron chi connectivity index (χ2n) is 5.74. The van der Waals surface area contributed by atoms with Crippen molar-refractivity contribution in [2.75, 3.05) is 0 Å².